The number of benzene rings is 3. The fourth-order valence-electron chi connectivity index (χ4n) is 2.73. The third-order valence-corrected chi connectivity index (χ3v) is 4.20. The lowest BCUT2D eigenvalue weighted by Gasteiger charge is -2.16. The highest BCUT2D eigenvalue weighted by Crippen LogP contribution is 2.38. The maximum Gasteiger partial charge on any atom is 0.420 e. The van der Waals surface area contributed by atoms with Crippen LogP contribution in [0.25, 0.3) is 0 Å². The number of carbonyl (C=O) groups excluding carboxylic acids is 2. The number of hydrogen-bond donors (Lipinski definition) is 2. The number of hydrogen-bond acceptors (Lipinski definition) is 3. The molecule has 0 aromatic heterocycles. The van der Waals surface area contributed by atoms with Gasteiger partial charge in [-0.1, -0.05) is 36.4 Å². The molecule has 2 N–H and O–H groups in total. The molecule has 3 rings (SSSR count). The summed E-state index contributed by atoms with van der Waals surface area (Å²) in [5, 5.41) is 3.69. The molecule has 0 saturated heterocycles. The van der Waals surface area contributed by atoms with Crippen molar-refractivity contribution in [3.63, 3.8) is 0 Å². The number of halogens is 5. The van der Waals surface area contributed by atoms with Crippen molar-refractivity contribution < 1.29 is 36.3 Å². The summed E-state index contributed by atoms with van der Waals surface area (Å²) in [4.78, 5) is 23.9. The number of anilines is 1. The van der Waals surface area contributed by atoms with Crippen molar-refractivity contribution in [2.24, 2.45) is 0 Å². The molecular weight excluding hydrogens is 435 g/mol. The smallest absolute Gasteiger partial charge is 0.420 e. The zero-order chi connectivity index (χ0) is 23.3. The Morgan fingerprint density at radius 2 is 1.53 bits per heavy atom. The van der Waals surface area contributed by atoms with E-state index < -0.39 is 46.6 Å². The summed E-state index contributed by atoms with van der Waals surface area (Å²) in [6, 6.07) is 12.7. The molecule has 0 atom stereocenters. The first-order valence-electron chi connectivity index (χ1n) is 9.09. The van der Waals surface area contributed by atoms with Gasteiger partial charge < -0.3 is 10.1 Å². The SMILES string of the molecule is O=C(NC(=O)c1c(F)cccc1F)Nc1ccc(OCc2ccccc2)c(C(F)(F)F)c1. The van der Waals surface area contributed by atoms with Crippen molar-refractivity contribution in [1.82, 2.24) is 5.32 Å². The van der Waals surface area contributed by atoms with Gasteiger partial charge in [0.05, 0.1) is 5.56 Å². The molecule has 0 aliphatic heterocycles. The second-order valence-corrected chi connectivity index (χ2v) is 6.49. The van der Waals surface area contributed by atoms with E-state index in [1.165, 1.54) is 0 Å². The summed E-state index contributed by atoms with van der Waals surface area (Å²) in [5.74, 6) is -4.25. The average molecular weight is 450 g/mol. The Morgan fingerprint density at radius 1 is 0.875 bits per heavy atom. The first-order chi connectivity index (χ1) is 15.1. The van der Waals surface area contributed by atoms with Crippen molar-refractivity contribution in [3.8, 4) is 5.75 Å². The summed E-state index contributed by atoms with van der Waals surface area (Å²) in [5.41, 5.74) is -1.81. The second-order valence-electron chi connectivity index (χ2n) is 6.49. The van der Waals surface area contributed by atoms with Gasteiger partial charge in [0.15, 0.2) is 0 Å². The summed E-state index contributed by atoms with van der Waals surface area (Å²) in [7, 11) is 0. The van der Waals surface area contributed by atoms with Gasteiger partial charge >= 0.3 is 12.2 Å². The van der Waals surface area contributed by atoms with Crippen molar-refractivity contribution in [3.05, 3.63) is 95.1 Å². The van der Waals surface area contributed by atoms with E-state index in [1.807, 2.05) is 5.32 Å². The van der Waals surface area contributed by atoms with Crippen molar-refractivity contribution in [2.45, 2.75) is 12.8 Å². The lowest BCUT2D eigenvalue weighted by Crippen LogP contribution is -2.35. The molecule has 3 aromatic carbocycles. The number of alkyl halides is 3. The molecule has 0 spiro atoms. The summed E-state index contributed by atoms with van der Waals surface area (Å²) in [6.45, 7) is -0.111. The molecule has 0 unspecified atom stereocenters. The maximum absolute atomic E-state index is 13.6. The third-order valence-electron chi connectivity index (χ3n) is 4.20. The van der Waals surface area contributed by atoms with Crippen molar-refractivity contribution >= 4 is 17.6 Å². The van der Waals surface area contributed by atoms with E-state index in [9.17, 15) is 31.5 Å². The average Bonchev–Trinajstić information content (AvgIpc) is 2.72. The quantitative estimate of drug-likeness (QED) is 0.503. The highest BCUT2D eigenvalue weighted by atomic mass is 19.4. The van der Waals surface area contributed by atoms with Crippen LogP contribution in [0.15, 0.2) is 66.7 Å². The van der Waals surface area contributed by atoms with Crippen LogP contribution >= 0.6 is 0 Å². The molecule has 0 radical (unpaired) electrons. The van der Waals surface area contributed by atoms with Gasteiger partial charge in [0, 0.05) is 5.69 Å². The van der Waals surface area contributed by atoms with Crippen molar-refractivity contribution in [2.75, 3.05) is 5.32 Å². The first-order valence-corrected chi connectivity index (χ1v) is 9.09. The minimum atomic E-state index is -4.80. The molecular formula is C22H15F5N2O3. The number of imide groups is 1. The topological polar surface area (TPSA) is 67.4 Å². The van der Waals surface area contributed by atoms with E-state index in [0.717, 1.165) is 30.3 Å². The van der Waals surface area contributed by atoms with E-state index in [4.69, 9.17) is 4.74 Å². The van der Waals surface area contributed by atoms with Crippen LogP contribution in [0.4, 0.5) is 32.4 Å². The molecule has 0 bridgehead atoms. The Bertz CT molecular complexity index is 1110. The monoisotopic (exact) mass is 450 g/mol. The van der Waals surface area contributed by atoms with Crippen LogP contribution < -0.4 is 15.4 Å². The molecule has 0 saturated carbocycles. The molecule has 0 aliphatic rings. The normalized spacial score (nSPS) is 11.0. The maximum atomic E-state index is 13.6. The van der Waals surface area contributed by atoms with E-state index in [2.05, 4.69) is 0 Å². The lowest BCUT2D eigenvalue weighted by atomic mass is 10.1. The second kappa shape index (κ2) is 9.46. The van der Waals surface area contributed by atoms with E-state index in [-0.39, 0.29) is 12.3 Å². The largest absolute Gasteiger partial charge is 0.488 e. The van der Waals surface area contributed by atoms with Crippen LogP contribution in [0.2, 0.25) is 0 Å². The zero-order valence-corrected chi connectivity index (χ0v) is 16.2. The molecule has 3 aromatic rings. The summed E-state index contributed by atoms with van der Waals surface area (Å²) in [6.07, 6.45) is -4.80. The van der Waals surface area contributed by atoms with Gasteiger partial charge in [-0.15, -0.1) is 0 Å². The van der Waals surface area contributed by atoms with Gasteiger partial charge in [0.2, 0.25) is 0 Å². The lowest BCUT2D eigenvalue weighted by molar-refractivity contribution is -0.139. The van der Waals surface area contributed by atoms with E-state index >= 15 is 0 Å². The van der Waals surface area contributed by atoms with Gasteiger partial charge in [-0.25, -0.2) is 13.6 Å². The number of ether oxygens (including phenoxy) is 1. The Labute approximate surface area is 178 Å². The third kappa shape index (κ3) is 5.60. The zero-order valence-electron chi connectivity index (χ0n) is 16.2. The standard InChI is InChI=1S/C22H15F5N2O3/c23-16-7-4-8-17(24)19(16)20(30)29-21(31)28-14-9-10-18(15(11-14)22(25,26)27)32-12-13-5-2-1-3-6-13/h1-11H,12H2,(H2,28,29,30,31). The predicted molar refractivity (Wildman–Crippen MR) is 105 cm³/mol. The number of carbonyl (C=O) groups is 2. The molecule has 0 aliphatic carbocycles. The van der Waals surface area contributed by atoms with Crippen LogP contribution in [-0.4, -0.2) is 11.9 Å². The highest BCUT2D eigenvalue weighted by Gasteiger charge is 2.35. The Balaban J connectivity index is 1.73. The van der Waals surface area contributed by atoms with E-state index in [1.54, 1.807) is 35.6 Å². The van der Waals surface area contributed by atoms with Crippen LogP contribution in [0, 0.1) is 11.6 Å². The van der Waals surface area contributed by atoms with Crippen LogP contribution in [0.3, 0.4) is 0 Å². The highest BCUT2D eigenvalue weighted by molar-refractivity contribution is 6.08. The molecule has 10 heteroatoms. The van der Waals surface area contributed by atoms with Crippen molar-refractivity contribution in [1.29, 1.82) is 0 Å². The summed E-state index contributed by atoms with van der Waals surface area (Å²) >= 11 is 0. The van der Waals surface area contributed by atoms with Gasteiger partial charge in [0.1, 0.15) is 29.6 Å². The molecule has 0 fully saturated rings. The minimum absolute atomic E-state index is 0.111. The predicted octanol–water partition coefficient (Wildman–Crippen LogP) is 5.52. The molecule has 166 valence electrons. The van der Waals surface area contributed by atoms with Gasteiger partial charge in [-0.2, -0.15) is 13.2 Å². The van der Waals surface area contributed by atoms with Gasteiger partial charge in [0.25, 0.3) is 5.91 Å². The van der Waals surface area contributed by atoms with Crippen LogP contribution in [0.5, 0.6) is 5.75 Å². The number of urea groups is 1. The number of nitrogens with one attached hydrogen (secondary N) is 2. The minimum Gasteiger partial charge on any atom is -0.488 e. The fraction of sp³-hybridized carbons (Fsp3) is 0.0909. The van der Waals surface area contributed by atoms with Crippen LogP contribution in [-0.2, 0) is 12.8 Å². The molecule has 5 nitrogen and oxygen atoms in total. The Hall–Kier alpha value is -3.95. The molecule has 3 amide bonds. The van der Waals surface area contributed by atoms with E-state index in [0.29, 0.717) is 11.6 Å². The fourth-order valence-corrected chi connectivity index (χ4v) is 2.73. The molecule has 0 heterocycles. The van der Waals surface area contributed by atoms with Gasteiger partial charge in [-0.3, -0.25) is 10.1 Å². The van der Waals surface area contributed by atoms with Crippen LogP contribution in [0.1, 0.15) is 21.5 Å². The number of amides is 3. The Kier molecular flexibility index (Phi) is 6.72. The van der Waals surface area contributed by atoms with Gasteiger partial charge in [-0.05, 0) is 35.9 Å². The Morgan fingerprint density at radius 3 is 2.16 bits per heavy atom. The molecule has 32 heavy (non-hydrogen) atoms. The first kappa shape index (κ1) is 22.7. The summed E-state index contributed by atoms with van der Waals surface area (Å²) < 4.78 is 72.9. The number of rotatable bonds is 5.